The number of nitrogens with zero attached hydrogens (tertiary/aromatic N) is 1. The van der Waals surface area contributed by atoms with Gasteiger partial charge >= 0.3 is 0 Å². The second-order valence-corrected chi connectivity index (χ2v) is 5.06. The van der Waals surface area contributed by atoms with E-state index >= 15 is 0 Å². The van der Waals surface area contributed by atoms with Crippen molar-refractivity contribution in [3.63, 3.8) is 0 Å². The maximum atomic E-state index is 13.7. The molecule has 102 valence electrons. The molecule has 1 aliphatic heterocycles. The third-order valence-electron chi connectivity index (χ3n) is 3.83. The number of rotatable bonds is 3. The zero-order chi connectivity index (χ0) is 14.0. The van der Waals surface area contributed by atoms with Gasteiger partial charge in [0.25, 0.3) is 0 Å². The fourth-order valence-corrected chi connectivity index (χ4v) is 2.19. The minimum atomic E-state index is -0.695. The Morgan fingerprint density at radius 2 is 2.11 bits per heavy atom. The lowest BCUT2D eigenvalue weighted by Crippen LogP contribution is -2.47. The number of benzene rings is 1. The predicted molar refractivity (Wildman–Crippen MR) is 66.3 cm³/mol. The summed E-state index contributed by atoms with van der Waals surface area (Å²) in [7, 11) is 0. The number of ether oxygens (including phenoxy) is 1. The lowest BCUT2D eigenvalue weighted by atomic mass is 9.94. The number of hydrogen-bond acceptors (Lipinski definition) is 3. The highest BCUT2D eigenvalue weighted by molar-refractivity contribution is 5.34. The molecule has 1 aliphatic rings. The van der Waals surface area contributed by atoms with Gasteiger partial charge in [0, 0.05) is 24.3 Å². The molecule has 0 aromatic heterocycles. The molecular formula is C14H16F2N2O. The van der Waals surface area contributed by atoms with E-state index in [1.54, 1.807) is 6.07 Å². The molecule has 19 heavy (non-hydrogen) atoms. The van der Waals surface area contributed by atoms with E-state index in [-0.39, 0.29) is 29.3 Å². The zero-order valence-corrected chi connectivity index (χ0v) is 11.0. The van der Waals surface area contributed by atoms with Gasteiger partial charge in [-0.1, -0.05) is 0 Å². The number of nitrogens with one attached hydrogen (secondary N) is 1. The van der Waals surface area contributed by atoms with E-state index in [1.807, 2.05) is 13.8 Å². The van der Waals surface area contributed by atoms with Crippen LogP contribution in [0.2, 0.25) is 0 Å². The fraction of sp³-hybridized carbons (Fsp3) is 0.500. The predicted octanol–water partition coefficient (Wildman–Crippen LogP) is 2.49. The molecule has 0 radical (unpaired) electrons. The maximum absolute atomic E-state index is 13.7. The first kappa shape index (κ1) is 13.9. The van der Waals surface area contributed by atoms with Crippen LogP contribution in [0.15, 0.2) is 12.1 Å². The van der Waals surface area contributed by atoms with Crippen molar-refractivity contribution in [1.82, 2.24) is 5.32 Å². The molecule has 0 spiro atoms. The average molecular weight is 266 g/mol. The molecule has 0 aliphatic carbocycles. The second-order valence-electron chi connectivity index (χ2n) is 5.06. The Bertz CT molecular complexity index is 504. The molecule has 2 rings (SSSR count). The van der Waals surface area contributed by atoms with Gasteiger partial charge in [-0.05, 0) is 32.4 Å². The molecule has 0 bridgehead atoms. The average Bonchev–Trinajstić information content (AvgIpc) is 2.68. The van der Waals surface area contributed by atoms with Crippen LogP contribution in [0.3, 0.4) is 0 Å². The Morgan fingerprint density at radius 3 is 2.58 bits per heavy atom. The quantitative estimate of drug-likeness (QED) is 0.914. The molecule has 0 saturated carbocycles. The highest BCUT2D eigenvalue weighted by atomic mass is 19.1. The summed E-state index contributed by atoms with van der Waals surface area (Å²) in [4.78, 5) is 0. The molecule has 1 aromatic rings. The summed E-state index contributed by atoms with van der Waals surface area (Å²) in [5, 5.41) is 11.8. The van der Waals surface area contributed by atoms with Crippen molar-refractivity contribution in [2.75, 3.05) is 6.61 Å². The van der Waals surface area contributed by atoms with Crippen LogP contribution in [0.5, 0.6) is 0 Å². The van der Waals surface area contributed by atoms with Crippen molar-refractivity contribution < 1.29 is 13.5 Å². The van der Waals surface area contributed by atoms with Crippen LogP contribution in [-0.2, 0) is 11.3 Å². The molecule has 5 heteroatoms. The Labute approximate surface area is 111 Å². The molecule has 1 fully saturated rings. The van der Waals surface area contributed by atoms with Gasteiger partial charge in [0.15, 0.2) is 0 Å². The molecule has 1 aromatic carbocycles. The Balaban J connectivity index is 2.14. The van der Waals surface area contributed by atoms with Crippen molar-refractivity contribution >= 4 is 0 Å². The standard InChI is InChI=1S/C14H16F2N2O/c1-9-14(2,3-4-19-9)18-8-11-12(15)5-10(7-17)6-13(11)16/h5-6,9,18H,3-4,8H2,1-2H3. The summed E-state index contributed by atoms with van der Waals surface area (Å²) in [6, 6.07) is 3.83. The summed E-state index contributed by atoms with van der Waals surface area (Å²) in [6.45, 7) is 4.63. The van der Waals surface area contributed by atoms with Crippen molar-refractivity contribution in [3.05, 3.63) is 34.9 Å². The Hall–Kier alpha value is -1.51. The minimum Gasteiger partial charge on any atom is -0.377 e. The van der Waals surface area contributed by atoms with Gasteiger partial charge in [0.1, 0.15) is 11.6 Å². The molecule has 1 N–H and O–H groups in total. The van der Waals surface area contributed by atoms with Gasteiger partial charge < -0.3 is 10.1 Å². The first-order valence-corrected chi connectivity index (χ1v) is 6.21. The van der Waals surface area contributed by atoms with E-state index < -0.39 is 11.6 Å². The molecule has 1 saturated heterocycles. The van der Waals surface area contributed by atoms with E-state index in [1.165, 1.54) is 0 Å². The van der Waals surface area contributed by atoms with E-state index in [9.17, 15) is 8.78 Å². The Morgan fingerprint density at radius 1 is 1.47 bits per heavy atom. The van der Waals surface area contributed by atoms with Crippen LogP contribution in [0, 0.1) is 23.0 Å². The number of hydrogen-bond donors (Lipinski definition) is 1. The molecule has 3 nitrogen and oxygen atoms in total. The van der Waals surface area contributed by atoms with Crippen molar-refractivity contribution in [3.8, 4) is 6.07 Å². The maximum Gasteiger partial charge on any atom is 0.131 e. The van der Waals surface area contributed by atoms with Crippen molar-refractivity contribution in [1.29, 1.82) is 5.26 Å². The third-order valence-corrected chi connectivity index (χ3v) is 3.83. The highest BCUT2D eigenvalue weighted by Crippen LogP contribution is 2.26. The molecule has 2 atom stereocenters. The van der Waals surface area contributed by atoms with Gasteiger partial charge in [-0.15, -0.1) is 0 Å². The molecule has 0 amide bonds. The van der Waals surface area contributed by atoms with Crippen LogP contribution < -0.4 is 5.32 Å². The van der Waals surface area contributed by atoms with Crippen LogP contribution >= 0.6 is 0 Å². The largest absolute Gasteiger partial charge is 0.377 e. The lowest BCUT2D eigenvalue weighted by Gasteiger charge is -2.29. The molecule has 1 heterocycles. The van der Waals surface area contributed by atoms with Gasteiger partial charge in [0.05, 0.1) is 17.7 Å². The Kier molecular flexibility index (Phi) is 3.83. The summed E-state index contributed by atoms with van der Waals surface area (Å²) >= 11 is 0. The van der Waals surface area contributed by atoms with E-state index in [2.05, 4.69) is 5.32 Å². The molecule has 2 unspecified atom stereocenters. The van der Waals surface area contributed by atoms with Gasteiger partial charge in [-0.2, -0.15) is 5.26 Å². The minimum absolute atomic E-state index is 0.00277. The van der Waals surface area contributed by atoms with E-state index in [0.717, 1.165) is 18.6 Å². The third kappa shape index (κ3) is 2.75. The van der Waals surface area contributed by atoms with Crippen LogP contribution in [0.25, 0.3) is 0 Å². The zero-order valence-electron chi connectivity index (χ0n) is 11.0. The van der Waals surface area contributed by atoms with Gasteiger partial charge in [-0.25, -0.2) is 8.78 Å². The topological polar surface area (TPSA) is 45.0 Å². The summed E-state index contributed by atoms with van der Waals surface area (Å²) in [5.41, 5.74) is -0.339. The SMILES string of the molecule is CC1OCCC1(C)NCc1c(F)cc(C#N)cc1F. The second kappa shape index (κ2) is 5.24. The fourth-order valence-electron chi connectivity index (χ4n) is 2.19. The highest BCUT2D eigenvalue weighted by Gasteiger charge is 2.36. The van der Waals surface area contributed by atoms with Gasteiger partial charge in [0.2, 0.25) is 0 Å². The van der Waals surface area contributed by atoms with E-state index in [4.69, 9.17) is 10.00 Å². The van der Waals surface area contributed by atoms with Crippen LogP contribution in [0.4, 0.5) is 8.78 Å². The number of halogens is 2. The number of nitriles is 1. The monoisotopic (exact) mass is 266 g/mol. The van der Waals surface area contributed by atoms with Crippen molar-refractivity contribution in [2.24, 2.45) is 0 Å². The lowest BCUT2D eigenvalue weighted by molar-refractivity contribution is 0.0879. The first-order valence-electron chi connectivity index (χ1n) is 6.21. The molecular weight excluding hydrogens is 250 g/mol. The first-order chi connectivity index (χ1) is 8.96. The van der Waals surface area contributed by atoms with Gasteiger partial charge in [-0.3, -0.25) is 0 Å². The van der Waals surface area contributed by atoms with Crippen LogP contribution in [0.1, 0.15) is 31.4 Å². The normalized spacial score (nSPS) is 26.4. The summed E-state index contributed by atoms with van der Waals surface area (Å²) in [5.74, 6) is -1.39. The smallest absolute Gasteiger partial charge is 0.131 e. The summed E-state index contributed by atoms with van der Waals surface area (Å²) < 4.78 is 32.9. The van der Waals surface area contributed by atoms with Crippen molar-refractivity contribution in [2.45, 2.75) is 38.5 Å². The van der Waals surface area contributed by atoms with E-state index in [0.29, 0.717) is 6.61 Å². The summed E-state index contributed by atoms with van der Waals surface area (Å²) in [6.07, 6.45) is 0.797. The van der Waals surface area contributed by atoms with Crippen LogP contribution in [-0.4, -0.2) is 18.2 Å².